The Morgan fingerprint density at radius 1 is 0.875 bits per heavy atom. The van der Waals surface area contributed by atoms with Crippen molar-refractivity contribution < 1.29 is 9.90 Å². The van der Waals surface area contributed by atoms with Gasteiger partial charge in [-0.05, 0) is 49.9 Å². The van der Waals surface area contributed by atoms with E-state index in [0.29, 0.717) is 5.78 Å². The minimum Gasteiger partial charge on any atom is -0.392 e. The summed E-state index contributed by atoms with van der Waals surface area (Å²) >= 11 is 0. The number of hydrogen-bond acceptors (Lipinski definition) is 4. The third-order valence-electron chi connectivity index (χ3n) is 4.90. The molecule has 0 bridgehead atoms. The number of rotatable bonds is 2. The summed E-state index contributed by atoms with van der Waals surface area (Å²) in [6, 6.07) is 11.6. The number of nitrogens with zero attached hydrogens (tertiary/aromatic N) is 2. The molecule has 24 heavy (non-hydrogen) atoms. The van der Waals surface area contributed by atoms with E-state index in [1.165, 1.54) is 0 Å². The summed E-state index contributed by atoms with van der Waals surface area (Å²) in [7, 11) is 0. The molecular formula is C20H24N2O2. The van der Waals surface area contributed by atoms with Gasteiger partial charge < -0.3 is 5.11 Å². The van der Waals surface area contributed by atoms with E-state index >= 15 is 0 Å². The first-order valence-corrected chi connectivity index (χ1v) is 8.78. The van der Waals surface area contributed by atoms with Gasteiger partial charge in [0.05, 0.1) is 17.7 Å². The van der Waals surface area contributed by atoms with Gasteiger partial charge in [0, 0.05) is 30.4 Å². The third-order valence-corrected chi connectivity index (χ3v) is 4.90. The SMILES string of the molecule is O=C1CCCC1c1ccccn1.OC1CCCC1c1ccccn1. The van der Waals surface area contributed by atoms with Crippen molar-refractivity contribution >= 4 is 5.78 Å². The first-order chi connectivity index (χ1) is 11.8. The van der Waals surface area contributed by atoms with Crippen molar-refractivity contribution in [1.29, 1.82) is 0 Å². The Bertz CT molecular complexity index is 645. The van der Waals surface area contributed by atoms with Crippen LogP contribution in [-0.2, 0) is 4.79 Å². The van der Waals surface area contributed by atoms with Crippen molar-refractivity contribution in [3.05, 3.63) is 60.2 Å². The molecule has 1 N–H and O–H groups in total. The minimum atomic E-state index is -0.167. The number of carbonyl (C=O) groups is 1. The van der Waals surface area contributed by atoms with Gasteiger partial charge in [0.15, 0.2) is 0 Å². The van der Waals surface area contributed by atoms with Crippen molar-refractivity contribution in [2.45, 2.75) is 56.5 Å². The molecule has 3 atom stereocenters. The molecule has 2 saturated carbocycles. The second kappa shape index (κ2) is 8.15. The van der Waals surface area contributed by atoms with Gasteiger partial charge in [-0.3, -0.25) is 14.8 Å². The van der Waals surface area contributed by atoms with E-state index in [9.17, 15) is 9.90 Å². The van der Waals surface area contributed by atoms with E-state index in [2.05, 4.69) is 9.97 Å². The molecule has 2 aromatic rings. The molecule has 2 aliphatic carbocycles. The number of pyridine rings is 2. The lowest BCUT2D eigenvalue weighted by Gasteiger charge is -2.12. The number of aromatic nitrogens is 2. The van der Waals surface area contributed by atoms with E-state index < -0.39 is 0 Å². The summed E-state index contributed by atoms with van der Waals surface area (Å²) in [4.78, 5) is 19.8. The zero-order chi connectivity index (χ0) is 16.8. The predicted octanol–water partition coefficient (Wildman–Crippen LogP) is 3.63. The number of Topliss-reactive ketones (excluding diaryl/α,β-unsaturated/α-hetero) is 1. The smallest absolute Gasteiger partial charge is 0.141 e. The molecule has 4 rings (SSSR count). The highest BCUT2D eigenvalue weighted by molar-refractivity contribution is 5.87. The second-order valence-corrected chi connectivity index (χ2v) is 6.53. The normalized spacial score (nSPS) is 26.0. The number of carbonyl (C=O) groups excluding carboxylic acids is 1. The van der Waals surface area contributed by atoms with E-state index in [0.717, 1.165) is 49.9 Å². The zero-order valence-electron chi connectivity index (χ0n) is 13.8. The standard InChI is InChI=1S/C10H13NO.C10H11NO/c2*12-10-6-3-4-8(10)9-5-1-2-7-11-9/h1-2,5,7-8,10,12H,3-4,6H2;1-2,5,7-8H,3-4,6H2. The van der Waals surface area contributed by atoms with E-state index in [-0.39, 0.29) is 17.9 Å². The number of ketones is 1. The topological polar surface area (TPSA) is 63.1 Å². The Kier molecular flexibility index (Phi) is 5.70. The van der Waals surface area contributed by atoms with Crippen LogP contribution in [0.15, 0.2) is 48.8 Å². The van der Waals surface area contributed by atoms with Crippen LogP contribution in [0, 0.1) is 0 Å². The summed E-state index contributed by atoms with van der Waals surface area (Å²) in [5, 5.41) is 9.60. The molecule has 0 aromatic carbocycles. The highest BCUT2D eigenvalue weighted by Gasteiger charge is 2.27. The van der Waals surface area contributed by atoms with Crippen molar-refractivity contribution in [2.75, 3.05) is 0 Å². The fourth-order valence-electron chi connectivity index (χ4n) is 3.59. The highest BCUT2D eigenvalue weighted by atomic mass is 16.3. The predicted molar refractivity (Wildman–Crippen MR) is 92.7 cm³/mol. The molecule has 126 valence electrons. The molecule has 0 radical (unpaired) electrons. The van der Waals surface area contributed by atoms with Gasteiger partial charge in [-0.15, -0.1) is 0 Å². The van der Waals surface area contributed by atoms with Crippen LogP contribution < -0.4 is 0 Å². The Morgan fingerprint density at radius 3 is 2.08 bits per heavy atom. The van der Waals surface area contributed by atoms with Crippen molar-refractivity contribution in [2.24, 2.45) is 0 Å². The van der Waals surface area contributed by atoms with Crippen molar-refractivity contribution in [3.63, 3.8) is 0 Å². The van der Waals surface area contributed by atoms with Crippen LogP contribution in [0.25, 0.3) is 0 Å². The Morgan fingerprint density at radius 2 is 1.58 bits per heavy atom. The maximum atomic E-state index is 11.3. The van der Waals surface area contributed by atoms with E-state index in [4.69, 9.17) is 0 Å². The first-order valence-electron chi connectivity index (χ1n) is 8.78. The first kappa shape index (κ1) is 16.8. The molecule has 2 fully saturated rings. The molecule has 3 unspecified atom stereocenters. The Balaban J connectivity index is 0.000000141. The maximum absolute atomic E-state index is 11.3. The zero-order valence-corrected chi connectivity index (χ0v) is 13.8. The van der Waals surface area contributed by atoms with Gasteiger partial charge in [0.2, 0.25) is 0 Å². The lowest BCUT2D eigenvalue weighted by Crippen LogP contribution is -2.11. The van der Waals surface area contributed by atoms with Crippen LogP contribution in [0.5, 0.6) is 0 Å². The average molecular weight is 324 g/mol. The van der Waals surface area contributed by atoms with Crippen LogP contribution in [0.3, 0.4) is 0 Å². The largest absolute Gasteiger partial charge is 0.392 e. The van der Waals surface area contributed by atoms with Crippen LogP contribution in [-0.4, -0.2) is 27.0 Å². The molecule has 0 aliphatic heterocycles. The summed E-state index contributed by atoms with van der Waals surface area (Å²) in [6.45, 7) is 0. The van der Waals surface area contributed by atoms with E-state index in [1.54, 1.807) is 12.4 Å². The molecule has 0 spiro atoms. The van der Waals surface area contributed by atoms with Gasteiger partial charge in [0.1, 0.15) is 5.78 Å². The lowest BCUT2D eigenvalue weighted by atomic mass is 10.0. The maximum Gasteiger partial charge on any atom is 0.141 e. The quantitative estimate of drug-likeness (QED) is 0.916. The third kappa shape index (κ3) is 4.06. The van der Waals surface area contributed by atoms with Gasteiger partial charge in [-0.1, -0.05) is 18.6 Å². The van der Waals surface area contributed by atoms with Crippen molar-refractivity contribution in [1.82, 2.24) is 9.97 Å². The molecule has 4 heteroatoms. The highest BCUT2D eigenvalue weighted by Crippen LogP contribution is 2.33. The summed E-state index contributed by atoms with van der Waals surface area (Å²) in [6.07, 6.45) is 9.26. The summed E-state index contributed by atoms with van der Waals surface area (Å²) < 4.78 is 0. The van der Waals surface area contributed by atoms with Gasteiger partial charge in [0.25, 0.3) is 0 Å². The van der Waals surface area contributed by atoms with Crippen LogP contribution in [0.4, 0.5) is 0 Å². The van der Waals surface area contributed by atoms with Gasteiger partial charge in [-0.25, -0.2) is 0 Å². The lowest BCUT2D eigenvalue weighted by molar-refractivity contribution is -0.118. The molecule has 2 aromatic heterocycles. The molecule has 0 saturated heterocycles. The second-order valence-electron chi connectivity index (χ2n) is 6.53. The molecule has 4 nitrogen and oxygen atoms in total. The fourth-order valence-corrected chi connectivity index (χ4v) is 3.59. The Labute approximate surface area is 143 Å². The van der Waals surface area contributed by atoms with Gasteiger partial charge in [-0.2, -0.15) is 0 Å². The molecule has 2 aliphatic rings. The molecule has 0 amide bonds. The summed E-state index contributed by atoms with van der Waals surface area (Å²) in [5.74, 6) is 0.728. The Hall–Kier alpha value is -2.07. The van der Waals surface area contributed by atoms with E-state index in [1.807, 2.05) is 36.4 Å². The van der Waals surface area contributed by atoms with Crippen molar-refractivity contribution in [3.8, 4) is 0 Å². The van der Waals surface area contributed by atoms with Crippen LogP contribution in [0.2, 0.25) is 0 Å². The van der Waals surface area contributed by atoms with Gasteiger partial charge >= 0.3 is 0 Å². The monoisotopic (exact) mass is 324 g/mol. The average Bonchev–Trinajstić information content (AvgIpc) is 3.25. The number of aliphatic hydroxyl groups excluding tert-OH is 1. The number of hydrogen-bond donors (Lipinski definition) is 1. The molecular weight excluding hydrogens is 300 g/mol. The summed E-state index contributed by atoms with van der Waals surface area (Å²) in [5.41, 5.74) is 1.99. The molecule has 2 heterocycles. The van der Waals surface area contributed by atoms with Crippen LogP contribution >= 0.6 is 0 Å². The fraction of sp³-hybridized carbons (Fsp3) is 0.450. The van der Waals surface area contributed by atoms with Crippen LogP contribution in [0.1, 0.15) is 61.7 Å². The minimum absolute atomic E-state index is 0.0891. The number of aliphatic hydroxyl groups is 1.